The SMILES string of the molecule is O=C(c1cc(NCCc2c[nH]c3cc(F)ccc23)ccc1[N+](=O)[O-])N1CCCC1. The summed E-state index contributed by atoms with van der Waals surface area (Å²) >= 11 is 0. The number of nitro benzene ring substituents is 1. The fraction of sp³-hybridized carbons (Fsp3) is 0.286. The summed E-state index contributed by atoms with van der Waals surface area (Å²) in [6.07, 6.45) is 4.37. The van der Waals surface area contributed by atoms with Crippen LogP contribution >= 0.6 is 0 Å². The van der Waals surface area contributed by atoms with Crippen molar-refractivity contribution in [2.75, 3.05) is 25.0 Å². The van der Waals surface area contributed by atoms with Crippen LogP contribution in [0.5, 0.6) is 0 Å². The minimum Gasteiger partial charge on any atom is -0.385 e. The van der Waals surface area contributed by atoms with Crippen LogP contribution in [0.1, 0.15) is 28.8 Å². The lowest BCUT2D eigenvalue weighted by Crippen LogP contribution is -2.28. The number of aromatic nitrogens is 1. The third kappa shape index (κ3) is 3.91. The van der Waals surface area contributed by atoms with Crippen LogP contribution in [0.2, 0.25) is 0 Å². The van der Waals surface area contributed by atoms with Gasteiger partial charge in [-0.2, -0.15) is 0 Å². The van der Waals surface area contributed by atoms with Crippen molar-refractivity contribution in [1.82, 2.24) is 9.88 Å². The second kappa shape index (κ2) is 7.90. The van der Waals surface area contributed by atoms with E-state index in [1.165, 1.54) is 18.2 Å². The van der Waals surface area contributed by atoms with Gasteiger partial charge in [-0.15, -0.1) is 0 Å². The van der Waals surface area contributed by atoms with E-state index in [4.69, 9.17) is 0 Å². The molecule has 0 radical (unpaired) electrons. The number of hydrogen-bond donors (Lipinski definition) is 2. The molecule has 29 heavy (non-hydrogen) atoms. The molecule has 1 aliphatic heterocycles. The molecule has 0 spiro atoms. The van der Waals surface area contributed by atoms with Crippen molar-refractivity contribution in [3.63, 3.8) is 0 Å². The van der Waals surface area contributed by atoms with Crippen molar-refractivity contribution in [2.24, 2.45) is 0 Å². The maximum atomic E-state index is 13.3. The first-order chi connectivity index (χ1) is 14.0. The van der Waals surface area contributed by atoms with E-state index in [1.807, 2.05) is 6.20 Å². The first-order valence-electron chi connectivity index (χ1n) is 9.60. The van der Waals surface area contributed by atoms with Gasteiger partial charge in [-0.05, 0) is 55.2 Å². The van der Waals surface area contributed by atoms with Crippen molar-refractivity contribution >= 4 is 28.2 Å². The number of likely N-dealkylation sites (tertiary alicyclic amines) is 1. The second-order valence-corrected chi connectivity index (χ2v) is 7.17. The van der Waals surface area contributed by atoms with Gasteiger partial charge in [-0.3, -0.25) is 14.9 Å². The normalized spacial score (nSPS) is 13.8. The summed E-state index contributed by atoms with van der Waals surface area (Å²) in [5, 5.41) is 15.5. The highest BCUT2D eigenvalue weighted by molar-refractivity contribution is 5.99. The average molecular weight is 396 g/mol. The molecular weight excluding hydrogens is 375 g/mol. The Hall–Kier alpha value is -3.42. The summed E-state index contributed by atoms with van der Waals surface area (Å²) in [5.74, 6) is -0.582. The number of anilines is 1. The molecule has 150 valence electrons. The molecule has 2 N–H and O–H groups in total. The Morgan fingerprint density at radius 2 is 2.00 bits per heavy atom. The zero-order valence-electron chi connectivity index (χ0n) is 15.8. The van der Waals surface area contributed by atoms with Gasteiger partial charge in [0.05, 0.1) is 4.92 Å². The molecule has 1 amide bonds. The van der Waals surface area contributed by atoms with E-state index < -0.39 is 4.92 Å². The number of benzene rings is 2. The molecule has 4 rings (SSSR count). The van der Waals surface area contributed by atoms with Crippen LogP contribution in [-0.2, 0) is 6.42 Å². The number of carbonyl (C=O) groups is 1. The van der Waals surface area contributed by atoms with E-state index in [9.17, 15) is 19.3 Å². The highest BCUT2D eigenvalue weighted by Gasteiger charge is 2.26. The van der Waals surface area contributed by atoms with E-state index in [-0.39, 0.29) is 23.0 Å². The van der Waals surface area contributed by atoms with Gasteiger partial charge in [-0.25, -0.2) is 4.39 Å². The van der Waals surface area contributed by atoms with Crippen LogP contribution in [0, 0.1) is 15.9 Å². The molecule has 1 saturated heterocycles. The van der Waals surface area contributed by atoms with Gasteiger partial charge in [-0.1, -0.05) is 0 Å². The number of rotatable bonds is 6. The summed E-state index contributed by atoms with van der Waals surface area (Å²) in [7, 11) is 0. The number of nitrogens with one attached hydrogen (secondary N) is 2. The molecule has 0 atom stereocenters. The molecular formula is C21H21FN4O3. The van der Waals surface area contributed by atoms with Gasteiger partial charge < -0.3 is 15.2 Å². The fourth-order valence-electron chi connectivity index (χ4n) is 3.77. The molecule has 0 bridgehead atoms. The van der Waals surface area contributed by atoms with Crippen molar-refractivity contribution in [3.8, 4) is 0 Å². The van der Waals surface area contributed by atoms with Gasteiger partial charge in [0.1, 0.15) is 11.4 Å². The number of halogens is 1. The Balaban J connectivity index is 1.49. The van der Waals surface area contributed by atoms with Crippen molar-refractivity contribution in [2.45, 2.75) is 19.3 Å². The maximum Gasteiger partial charge on any atom is 0.282 e. The standard InChI is InChI=1S/C21H21FN4O3/c22-15-3-5-17-14(13-24-19(17)11-15)7-8-23-16-4-6-20(26(28)29)18(12-16)21(27)25-9-1-2-10-25/h3-6,11-13,23-24H,1-2,7-10H2. The molecule has 1 fully saturated rings. The Morgan fingerprint density at radius 3 is 2.76 bits per heavy atom. The zero-order valence-corrected chi connectivity index (χ0v) is 15.8. The molecule has 8 heteroatoms. The third-order valence-electron chi connectivity index (χ3n) is 5.27. The van der Waals surface area contributed by atoms with E-state index in [1.54, 1.807) is 23.1 Å². The molecule has 0 unspecified atom stereocenters. The topological polar surface area (TPSA) is 91.3 Å². The van der Waals surface area contributed by atoms with E-state index >= 15 is 0 Å². The first kappa shape index (κ1) is 18.9. The molecule has 1 aromatic heterocycles. The lowest BCUT2D eigenvalue weighted by atomic mass is 10.1. The van der Waals surface area contributed by atoms with Crippen molar-refractivity contribution in [3.05, 3.63) is 69.7 Å². The van der Waals surface area contributed by atoms with Gasteiger partial charge in [0.15, 0.2) is 0 Å². The summed E-state index contributed by atoms with van der Waals surface area (Å²) < 4.78 is 13.3. The van der Waals surface area contributed by atoms with Gasteiger partial charge in [0.2, 0.25) is 0 Å². The highest BCUT2D eigenvalue weighted by atomic mass is 19.1. The highest BCUT2D eigenvalue weighted by Crippen LogP contribution is 2.26. The number of H-pyrrole nitrogens is 1. The van der Waals surface area contributed by atoms with Crippen molar-refractivity contribution < 1.29 is 14.1 Å². The number of nitrogens with zero attached hydrogens (tertiary/aromatic N) is 2. The van der Waals surface area contributed by atoms with Crippen LogP contribution < -0.4 is 5.32 Å². The van der Waals surface area contributed by atoms with E-state index in [0.717, 1.165) is 29.3 Å². The molecule has 0 saturated carbocycles. The van der Waals surface area contributed by atoms with Gasteiger partial charge >= 0.3 is 0 Å². The zero-order chi connectivity index (χ0) is 20.4. The second-order valence-electron chi connectivity index (χ2n) is 7.17. The average Bonchev–Trinajstić information content (AvgIpc) is 3.37. The number of carbonyl (C=O) groups excluding carboxylic acids is 1. The maximum absolute atomic E-state index is 13.3. The predicted molar refractivity (Wildman–Crippen MR) is 109 cm³/mol. The van der Waals surface area contributed by atoms with Crippen LogP contribution in [0.15, 0.2) is 42.6 Å². The summed E-state index contributed by atoms with van der Waals surface area (Å²) in [5.41, 5.74) is 2.39. The number of amides is 1. The molecule has 2 heterocycles. The summed E-state index contributed by atoms with van der Waals surface area (Å²) in [4.78, 5) is 28.3. The number of nitro groups is 1. The lowest BCUT2D eigenvalue weighted by Gasteiger charge is -2.16. The van der Waals surface area contributed by atoms with Gasteiger partial charge in [0.25, 0.3) is 11.6 Å². The molecule has 3 aromatic rings. The fourth-order valence-corrected chi connectivity index (χ4v) is 3.77. The Morgan fingerprint density at radius 1 is 1.21 bits per heavy atom. The predicted octanol–water partition coefficient (Wildman–Crippen LogP) is 4.11. The number of aromatic amines is 1. The van der Waals surface area contributed by atoms with E-state index in [2.05, 4.69) is 10.3 Å². The Labute approximate surface area is 166 Å². The minimum atomic E-state index is -0.516. The quantitative estimate of drug-likeness (QED) is 0.485. The Kier molecular flexibility index (Phi) is 5.16. The lowest BCUT2D eigenvalue weighted by molar-refractivity contribution is -0.385. The smallest absolute Gasteiger partial charge is 0.282 e. The molecule has 1 aliphatic rings. The number of hydrogen-bond acceptors (Lipinski definition) is 4. The monoisotopic (exact) mass is 396 g/mol. The van der Waals surface area contributed by atoms with Crippen molar-refractivity contribution in [1.29, 1.82) is 0 Å². The number of fused-ring (bicyclic) bond motifs is 1. The molecule has 2 aromatic carbocycles. The van der Waals surface area contributed by atoms with E-state index in [0.29, 0.717) is 31.7 Å². The van der Waals surface area contributed by atoms with Crippen LogP contribution in [0.25, 0.3) is 10.9 Å². The minimum absolute atomic E-state index is 0.115. The largest absolute Gasteiger partial charge is 0.385 e. The van der Waals surface area contributed by atoms with Crippen LogP contribution in [0.3, 0.4) is 0 Å². The third-order valence-corrected chi connectivity index (χ3v) is 5.27. The molecule has 0 aliphatic carbocycles. The molecule has 7 nitrogen and oxygen atoms in total. The van der Waals surface area contributed by atoms with Gasteiger partial charge in [0, 0.05) is 48.5 Å². The van der Waals surface area contributed by atoms with Crippen LogP contribution in [-0.4, -0.2) is 40.3 Å². The summed E-state index contributed by atoms with van der Waals surface area (Å²) in [6, 6.07) is 9.18. The Bertz CT molecular complexity index is 1070. The summed E-state index contributed by atoms with van der Waals surface area (Å²) in [6.45, 7) is 1.84. The first-order valence-corrected chi connectivity index (χ1v) is 9.60. The van der Waals surface area contributed by atoms with Crippen LogP contribution in [0.4, 0.5) is 15.8 Å².